The van der Waals surface area contributed by atoms with Gasteiger partial charge in [-0.25, -0.2) is 26.5 Å². The third kappa shape index (κ3) is 3.44. The first-order chi connectivity index (χ1) is 12.3. The Hall–Kier alpha value is -1.32. The van der Waals surface area contributed by atoms with Crippen molar-refractivity contribution in [1.29, 1.82) is 0 Å². The Balaban J connectivity index is 1.40. The van der Waals surface area contributed by atoms with Crippen molar-refractivity contribution in [3.63, 3.8) is 0 Å². The molecule has 5 nitrogen and oxygen atoms in total. The van der Waals surface area contributed by atoms with Crippen LogP contribution in [0.15, 0.2) is 12.1 Å². The van der Waals surface area contributed by atoms with Crippen LogP contribution in [-0.4, -0.2) is 49.6 Å². The normalized spacial score (nSPS) is 19.6. The molecule has 142 valence electrons. The monoisotopic (exact) mass is 401 g/mol. The van der Waals surface area contributed by atoms with E-state index in [2.05, 4.69) is 9.88 Å². The molecule has 26 heavy (non-hydrogen) atoms. The van der Waals surface area contributed by atoms with Gasteiger partial charge < -0.3 is 4.90 Å². The molecule has 4 rings (SSSR count). The highest BCUT2D eigenvalue weighted by molar-refractivity contribution is 7.90. The van der Waals surface area contributed by atoms with E-state index in [9.17, 15) is 17.2 Å². The fourth-order valence-corrected chi connectivity index (χ4v) is 6.19. The average molecular weight is 402 g/mol. The van der Waals surface area contributed by atoms with Crippen LogP contribution in [0.1, 0.15) is 25.7 Å². The summed E-state index contributed by atoms with van der Waals surface area (Å²) in [6, 6.07) is 2.16. The molecule has 2 heterocycles. The van der Waals surface area contributed by atoms with E-state index in [0.717, 1.165) is 44.8 Å². The van der Waals surface area contributed by atoms with E-state index in [4.69, 9.17) is 0 Å². The highest BCUT2D eigenvalue weighted by atomic mass is 32.2. The Kier molecular flexibility index (Phi) is 4.65. The van der Waals surface area contributed by atoms with Crippen molar-refractivity contribution < 1.29 is 17.2 Å². The number of nitrogens with zero attached hydrogens (tertiary/aromatic N) is 3. The third-order valence-corrected chi connectivity index (χ3v) is 8.58. The van der Waals surface area contributed by atoms with E-state index in [0.29, 0.717) is 22.3 Å². The number of aromatic nitrogens is 1. The molecule has 0 bridgehead atoms. The molecule has 0 radical (unpaired) electrons. The fraction of sp³-hybridized carbons (Fsp3) is 0.588. The minimum Gasteiger partial charge on any atom is -0.348 e. The van der Waals surface area contributed by atoms with Crippen molar-refractivity contribution in [3.05, 3.63) is 23.8 Å². The SMILES string of the molecule is CN(CC1CCN(c2nc3c(F)cc(F)cc3s2)CC1)S(=O)(=O)C1CC1. The van der Waals surface area contributed by atoms with Crippen LogP contribution in [0, 0.1) is 17.6 Å². The number of sulfonamides is 1. The summed E-state index contributed by atoms with van der Waals surface area (Å²) < 4.78 is 53.7. The zero-order chi connectivity index (χ0) is 18.5. The van der Waals surface area contributed by atoms with Crippen LogP contribution in [0.3, 0.4) is 0 Å². The largest absolute Gasteiger partial charge is 0.348 e. The van der Waals surface area contributed by atoms with Gasteiger partial charge in [-0.05, 0) is 37.7 Å². The molecular formula is C17H21F2N3O2S2. The molecule has 1 saturated carbocycles. The number of halogens is 2. The van der Waals surface area contributed by atoms with Gasteiger partial charge in [0.25, 0.3) is 0 Å². The molecule has 1 aromatic heterocycles. The van der Waals surface area contributed by atoms with Gasteiger partial charge in [0.1, 0.15) is 11.3 Å². The molecule has 2 fully saturated rings. The number of hydrogen-bond donors (Lipinski definition) is 0. The molecule has 9 heteroatoms. The van der Waals surface area contributed by atoms with Gasteiger partial charge in [-0.1, -0.05) is 11.3 Å². The van der Waals surface area contributed by atoms with Gasteiger partial charge in [0.15, 0.2) is 10.9 Å². The first-order valence-corrected chi connectivity index (χ1v) is 11.1. The highest BCUT2D eigenvalue weighted by Crippen LogP contribution is 2.34. The maximum atomic E-state index is 13.8. The minimum atomic E-state index is -3.12. The van der Waals surface area contributed by atoms with Crippen LogP contribution in [0.4, 0.5) is 13.9 Å². The molecule has 1 aliphatic carbocycles. The molecule has 2 aromatic rings. The van der Waals surface area contributed by atoms with Gasteiger partial charge in [-0.2, -0.15) is 0 Å². The molecule has 0 amide bonds. The molecule has 0 atom stereocenters. The second kappa shape index (κ2) is 6.69. The summed E-state index contributed by atoms with van der Waals surface area (Å²) >= 11 is 1.29. The van der Waals surface area contributed by atoms with Gasteiger partial charge in [0.2, 0.25) is 10.0 Å². The summed E-state index contributed by atoms with van der Waals surface area (Å²) in [5.41, 5.74) is 0.212. The Morgan fingerprint density at radius 3 is 2.58 bits per heavy atom. The summed E-state index contributed by atoms with van der Waals surface area (Å²) in [6.45, 7) is 2.03. The lowest BCUT2D eigenvalue weighted by Crippen LogP contribution is -2.40. The minimum absolute atomic E-state index is 0.175. The van der Waals surface area contributed by atoms with E-state index >= 15 is 0 Å². The Morgan fingerprint density at radius 2 is 1.92 bits per heavy atom. The van der Waals surface area contributed by atoms with E-state index in [1.54, 1.807) is 7.05 Å². The summed E-state index contributed by atoms with van der Waals surface area (Å²) in [7, 11) is -1.45. The number of benzene rings is 1. The summed E-state index contributed by atoms with van der Waals surface area (Å²) in [5.74, 6) is -0.915. The van der Waals surface area contributed by atoms with Gasteiger partial charge >= 0.3 is 0 Å². The highest BCUT2D eigenvalue weighted by Gasteiger charge is 2.39. The molecule has 0 unspecified atom stereocenters. The van der Waals surface area contributed by atoms with Crippen LogP contribution in [0.25, 0.3) is 10.2 Å². The first-order valence-electron chi connectivity index (χ1n) is 8.80. The van der Waals surface area contributed by atoms with Crippen molar-refractivity contribution in [1.82, 2.24) is 9.29 Å². The fourth-order valence-electron chi connectivity index (χ4n) is 3.48. The third-order valence-electron chi connectivity index (χ3n) is 5.18. The van der Waals surface area contributed by atoms with Crippen molar-refractivity contribution in [2.24, 2.45) is 5.92 Å². The summed E-state index contributed by atoms with van der Waals surface area (Å²) in [5, 5.41) is 0.521. The quantitative estimate of drug-likeness (QED) is 0.772. The number of hydrogen-bond acceptors (Lipinski definition) is 5. The van der Waals surface area contributed by atoms with Gasteiger partial charge in [-0.15, -0.1) is 0 Å². The molecule has 2 aliphatic rings. The molecule has 0 N–H and O–H groups in total. The van der Waals surface area contributed by atoms with Crippen LogP contribution in [0.2, 0.25) is 0 Å². The van der Waals surface area contributed by atoms with Crippen molar-refractivity contribution in [2.45, 2.75) is 30.9 Å². The molecule has 1 saturated heterocycles. The number of anilines is 1. The lowest BCUT2D eigenvalue weighted by atomic mass is 9.97. The number of thiazole rings is 1. The smallest absolute Gasteiger partial charge is 0.216 e. The molecular weight excluding hydrogens is 380 g/mol. The lowest BCUT2D eigenvalue weighted by molar-refractivity contribution is 0.327. The molecule has 1 aromatic carbocycles. The maximum Gasteiger partial charge on any atom is 0.216 e. The zero-order valence-electron chi connectivity index (χ0n) is 14.5. The first kappa shape index (κ1) is 18.1. The standard InChI is InChI=1S/C17H21F2N3O2S2/c1-21(26(23,24)13-2-3-13)10-11-4-6-22(7-5-11)17-20-16-14(19)8-12(18)9-15(16)25-17/h8-9,11,13H,2-7,10H2,1H3. The molecule has 1 aliphatic heterocycles. The number of piperidine rings is 1. The zero-order valence-corrected chi connectivity index (χ0v) is 16.1. The van der Waals surface area contributed by atoms with Crippen molar-refractivity contribution in [2.75, 3.05) is 31.6 Å². The van der Waals surface area contributed by atoms with E-state index in [-0.39, 0.29) is 10.8 Å². The second-order valence-electron chi connectivity index (χ2n) is 7.19. The average Bonchev–Trinajstić information content (AvgIpc) is 3.36. The van der Waals surface area contributed by atoms with Gasteiger partial charge in [0.05, 0.1) is 9.95 Å². The van der Waals surface area contributed by atoms with Crippen LogP contribution in [-0.2, 0) is 10.0 Å². The summed E-state index contributed by atoms with van der Waals surface area (Å²) in [6.07, 6.45) is 3.27. The lowest BCUT2D eigenvalue weighted by Gasteiger charge is -2.33. The number of fused-ring (bicyclic) bond motifs is 1. The van der Waals surface area contributed by atoms with E-state index in [1.807, 2.05) is 0 Å². The Morgan fingerprint density at radius 1 is 1.23 bits per heavy atom. The van der Waals surface area contributed by atoms with Crippen LogP contribution < -0.4 is 4.90 Å². The van der Waals surface area contributed by atoms with Crippen molar-refractivity contribution in [3.8, 4) is 0 Å². The van der Waals surface area contributed by atoms with E-state index in [1.165, 1.54) is 21.7 Å². The van der Waals surface area contributed by atoms with E-state index < -0.39 is 21.7 Å². The van der Waals surface area contributed by atoms with Gasteiger partial charge in [0, 0.05) is 32.7 Å². The Bertz CT molecular complexity index is 919. The van der Waals surface area contributed by atoms with Crippen molar-refractivity contribution >= 4 is 36.7 Å². The Labute approximate surface area is 155 Å². The topological polar surface area (TPSA) is 53.5 Å². The second-order valence-corrected chi connectivity index (χ2v) is 10.5. The predicted octanol–water partition coefficient (Wildman–Crippen LogP) is 3.21. The maximum absolute atomic E-state index is 13.8. The predicted molar refractivity (Wildman–Crippen MR) is 99.0 cm³/mol. The molecule has 0 spiro atoms. The number of rotatable bonds is 5. The van der Waals surface area contributed by atoms with Crippen LogP contribution >= 0.6 is 11.3 Å². The van der Waals surface area contributed by atoms with Gasteiger partial charge in [-0.3, -0.25) is 0 Å². The van der Waals surface area contributed by atoms with Crippen LogP contribution in [0.5, 0.6) is 0 Å². The summed E-state index contributed by atoms with van der Waals surface area (Å²) in [4.78, 5) is 6.41.